The molecule has 0 N–H and O–H groups in total. The Morgan fingerprint density at radius 2 is 1.38 bits per heavy atom. The minimum atomic E-state index is -0.852. The molecule has 1 aromatic carbocycles. The topological polar surface area (TPSA) is 18.5 Å². The number of hydrogen-bond acceptors (Lipinski definition) is 2. The highest BCUT2D eigenvalue weighted by atomic mass is 19.2. The van der Waals surface area contributed by atoms with Crippen LogP contribution in [0.25, 0.3) is 0 Å². The molecule has 0 atom stereocenters. The molecular formula is C20H28F2O2. The van der Waals surface area contributed by atoms with Crippen molar-refractivity contribution >= 4 is 0 Å². The van der Waals surface area contributed by atoms with Crippen molar-refractivity contribution in [1.29, 1.82) is 0 Å². The predicted molar refractivity (Wildman–Crippen MR) is 90.4 cm³/mol. The summed E-state index contributed by atoms with van der Waals surface area (Å²) in [6, 6.07) is 3.25. The summed E-state index contributed by atoms with van der Waals surface area (Å²) in [6.45, 7) is 0. The van der Waals surface area contributed by atoms with E-state index < -0.39 is 11.6 Å². The first-order valence-corrected chi connectivity index (χ1v) is 9.18. The fourth-order valence-electron chi connectivity index (χ4n) is 4.72. The van der Waals surface area contributed by atoms with Crippen LogP contribution in [0, 0.1) is 23.5 Å². The van der Waals surface area contributed by atoms with Crippen LogP contribution < -0.4 is 4.74 Å². The maximum atomic E-state index is 14.3. The van der Waals surface area contributed by atoms with Crippen molar-refractivity contribution in [3.8, 4) is 5.75 Å². The van der Waals surface area contributed by atoms with Gasteiger partial charge in [0.15, 0.2) is 11.6 Å². The standard InChI is InChI=1S/C20H28F2O2/c1-23-16-9-7-14(8-10-16)13-3-5-15(6-4-13)17-11-12-18(24-2)20(22)19(17)21/h11-16H,3-10H2,1-2H3. The van der Waals surface area contributed by atoms with Crippen LogP contribution in [0.5, 0.6) is 5.75 Å². The summed E-state index contributed by atoms with van der Waals surface area (Å²) in [7, 11) is 3.17. The van der Waals surface area contributed by atoms with Crippen molar-refractivity contribution in [2.75, 3.05) is 14.2 Å². The summed E-state index contributed by atoms with van der Waals surface area (Å²) in [6.07, 6.45) is 9.43. The summed E-state index contributed by atoms with van der Waals surface area (Å²) in [5.74, 6) is 0.0743. The van der Waals surface area contributed by atoms with Gasteiger partial charge in [-0.3, -0.25) is 0 Å². The summed E-state index contributed by atoms with van der Waals surface area (Å²) in [5.41, 5.74) is 0.523. The van der Waals surface area contributed by atoms with Crippen molar-refractivity contribution in [2.24, 2.45) is 11.8 Å². The van der Waals surface area contributed by atoms with Gasteiger partial charge in [0.05, 0.1) is 13.2 Å². The maximum absolute atomic E-state index is 14.3. The molecule has 0 saturated heterocycles. The molecule has 4 heteroatoms. The first kappa shape index (κ1) is 17.7. The van der Waals surface area contributed by atoms with Gasteiger partial charge in [0, 0.05) is 7.11 Å². The fraction of sp³-hybridized carbons (Fsp3) is 0.700. The van der Waals surface area contributed by atoms with Crippen molar-refractivity contribution in [2.45, 2.75) is 63.4 Å². The lowest BCUT2D eigenvalue weighted by Gasteiger charge is -2.37. The third kappa shape index (κ3) is 3.58. The van der Waals surface area contributed by atoms with E-state index in [1.165, 1.54) is 32.8 Å². The van der Waals surface area contributed by atoms with Gasteiger partial charge in [-0.05, 0) is 80.8 Å². The van der Waals surface area contributed by atoms with Gasteiger partial charge in [-0.2, -0.15) is 4.39 Å². The Bertz CT molecular complexity index is 545. The van der Waals surface area contributed by atoms with Crippen LogP contribution >= 0.6 is 0 Å². The van der Waals surface area contributed by atoms with Crippen LogP contribution in [0.4, 0.5) is 8.78 Å². The molecule has 0 aromatic heterocycles. The van der Waals surface area contributed by atoms with Gasteiger partial charge in [0.25, 0.3) is 0 Å². The zero-order valence-corrected chi connectivity index (χ0v) is 14.7. The van der Waals surface area contributed by atoms with Gasteiger partial charge in [-0.1, -0.05) is 6.07 Å². The zero-order chi connectivity index (χ0) is 17.1. The van der Waals surface area contributed by atoms with Crippen LogP contribution in [0.15, 0.2) is 12.1 Å². The molecule has 24 heavy (non-hydrogen) atoms. The van der Waals surface area contributed by atoms with E-state index in [0.717, 1.165) is 37.5 Å². The minimum Gasteiger partial charge on any atom is -0.494 e. The SMILES string of the molecule is COc1ccc(C2CCC(C3CCC(OC)CC3)CC2)c(F)c1F. The molecule has 0 aliphatic heterocycles. The lowest BCUT2D eigenvalue weighted by Crippen LogP contribution is -2.28. The molecule has 1 aromatic rings. The Labute approximate surface area is 143 Å². The van der Waals surface area contributed by atoms with Crippen LogP contribution in [-0.2, 0) is 4.74 Å². The number of ether oxygens (including phenoxy) is 2. The predicted octanol–water partition coefficient (Wildman–Crippen LogP) is 5.45. The average Bonchev–Trinajstić information content (AvgIpc) is 2.64. The molecule has 134 valence electrons. The molecule has 0 spiro atoms. The van der Waals surface area contributed by atoms with Crippen LogP contribution in [-0.4, -0.2) is 20.3 Å². The third-order valence-electron chi connectivity index (χ3n) is 6.23. The third-order valence-corrected chi connectivity index (χ3v) is 6.23. The van der Waals surface area contributed by atoms with Crippen LogP contribution in [0.3, 0.4) is 0 Å². The normalized spacial score (nSPS) is 31.0. The van der Waals surface area contributed by atoms with Crippen LogP contribution in [0.1, 0.15) is 62.8 Å². The lowest BCUT2D eigenvalue weighted by atomic mass is 9.69. The van der Waals surface area contributed by atoms with Crippen molar-refractivity contribution < 1.29 is 18.3 Å². The minimum absolute atomic E-state index is 0.0140. The average molecular weight is 338 g/mol. The molecule has 0 amide bonds. The molecule has 2 fully saturated rings. The summed E-state index contributed by atoms with van der Waals surface area (Å²) >= 11 is 0. The lowest BCUT2D eigenvalue weighted by molar-refractivity contribution is 0.0410. The first-order chi connectivity index (χ1) is 11.6. The Kier molecular flexibility index (Phi) is 5.75. The Morgan fingerprint density at radius 3 is 1.92 bits per heavy atom. The van der Waals surface area contributed by atoms with Gasteiger partial charge >= 0.3 is 0 Å². The van der Waals surface area contributed by atoms with E-state index in [1.807, 2.05) is 0 Å². The van der Waals surface area contributed by atoms with E-state index in [0.29, 0.717) is 11.7 Å². The van der Waals surface area contributed by atoms with E-state index >= 15 is 0 Å². The Morgan fingerprint density at radius 1 is 0.792 bits per heavy atom. The van der Waals surface area contributed by atoms with Crippen molar-refractivity contribution in [3.63, 3.8) is 0 Å². The zero-order valence-electron chi connectivity index (χ0n) is 14.7. The molecule has 0 radical (unpaired) electrons. The van der Waals surface area contributed by atoms with Crippen LogP contribution in [0.2, 0.25) is 0 Å². The Balaban J connectivity index is 1.59. The van der Waals surface area contributed by atoms with Gasteiger partial charge in [-0.15, -0.1) is 0 Å². The highest BCUT2D eigenvalue weighted by molar-refractivity contribution is 5.33. The van der Waals surface area contributed by atoms with E-state index in [4.69, 9.17) is 9.47 Å². The Hall–Kier alpha value is -1.16. The molecule has 2 aliphatic carbocycles. The molecular weight excluding hydrogens is 310 g/mol. The number of methoxy groups -OCH3 is 2. The summed E-state index contributed by atoms with van der Waals surface area (Å²) in [5, 5.41) is 0. The highest BCUT2D eigenvalue weighted by Crippen LogP contribution is 2.44. The summed E-state index contributed by atoms with van der Waals surface area (Å²) in [4.78, 5) is 0. The number of halogens is 2. The first-order valence-electron chi connectivity index (χ1n) is 9.18. The maximum Gasteiger partial charge on any atom is 0.200 e. The highest BCUT2D eigenvalue weighted by Gasteiger charge is 2.32. The van der Waals surface area contributed by atoms with Gasteiger partial charge < -0.3 is 9.47 Å². The molecule has 3 rings (SSSR count). The van der Waals surface area contributed by atoms with E-state index in [1.54, 1.807) is 19.2 Å². The van der Waals surface area contributed by atoms with Crippen molar-refractivity contribution in [1.82, 2.24) is 0 Å². The summed E-state index contributed by atoms with van der Waals surface area (Å²) < 4.78 is 38.6. The second kappa shape index (κ2) is 7.81. The molecule has 0 bridgehead atoms. The monoisotopic (exact) mass is 338 g/mol. The second-order valence-corrected chi connectivity index (χ2v) is 7.37. The van der Waals surface area contributed by atoms with E-state index in [2.05, 4.69) is 0 Å². The molecule has 2 aliphatic rings. The molecule has 2 saturated carbocycles. The smallest absolute Gasteiger partial charge is 0.200 e. The number of benzene rings is 1. The van der Waals surface area contributed by atoms with Crippen molar-refractivity contribution in [3.05, 3.63) is 29.3 Å². The van der Waals surface area contributed by atoms with E-state index in [-0.39, 0.29) is 11.7 Å². The number of hydrogen-bond donors (Lipinski definition) is 0. The van der Waals surface area contributed by atoms with Gasteiger partial charge in [-0.25, -0.2) is 4.39 Å². The van der Waals surface area contributed by atoms with E-state index in [9.17, 15) is 8.78 Å². The van der Waals surface area contributed by atoms with Gasteiger partial charge in [0.1, 0.15) is 0 Å². The van der Waals surface area contributed by atoms with Gasteiger partial charge in [0.2, 0.25) is 5.82 Å². The molecule has 0 heterocycles. The molecule has 0 unspecified atom stereocenters. The quantitative estimate of drug-likeness (QED) is 0.726. The number of rotatable bonds is 4. The largest absolute Gasteiger partial charge is 0.494 e. The molecule has 2 nitrogen and oxygen atoms in total. The second-order valence-electron chi connectivity index (χ2n) is 7.37. The fourth-order valence-corrected chi connectivity index (χ4v) is 4.72.